The molecule has 1 heterocycles. The molecule has 0 bridgehead atoms. The topological polar surface area (TPSA) is 97.3 Å². The maximum Gasteiger partial charge on any atom is 0.260 e. The van der Waals surface area contributed by atoms with Gasteiger partial charge in [-0.25, -0.2) is 0 Å². The number of oxime groups is 1. The van der Waals surface area contributed by atoms with Crippen molar-refractivity contribution in [3.05, 3.63) is 12.2 Å². The van der Waals surface area contributed by atoms with Crippen LogP contribution < -0.4 is 5.32 Å². The summed E-state index contributed by atoms with van der Waals surface area (Å²) in [6.45, 7) is 3.91. The van der Waals surface area contributed by atoms with Crippen LogP contribution in [-0.2, 0) is 24.0 Å². The SMILES string of the molecule is CCO/C(C)=N\OCC(=O)NCCN1C(=O)C=CC1=O. The molecule has 1 rings (SSSR count). The average Bonchev–Trinajstić information content (AvgIpc) is 2.70. The second kappa shape index (κ2) is 7.93. The lowest BCUT2D eigenvalue weighted by molar-refractivity contribution is -0.137. The first-order chi connectivity index (χ1) is 9.54. The van der Waals surface area contributed by atoms with Gasteiger partial charge in [0.2, 0.25) is 5.90 Å². The summed E-state index contributed by atoms with van der Waals surface area (Å²) >= 11 is 0. The number of nitrogens with one attached hydrogen (secondary N) is 1. The first-order valence-corrected chi connectivity index (χ1v) is 6.14. The Morgan fingerprint density at radius 3 is 2.60 bits per heavy atom. The van der Waals surface area contributed by atoms with Crippen LogP contribution in [0.15, 0.2) is 17.3 Å². The molecule has 20 heavy (non-hydrogen) atoms. The number of nitrogens with zero attached hydrogens (tertiary/aromatic N) is 2. The maximum atomic E-state index is 11.4. The van der Waals surface area contributed by atoms with Crippen molar-refractivity contribution in [2.24, 2.45) is 5.16 Å². The molecule has 0 saturated carbocycles. The minimum atomic E-state index is -0.398. The number of rotatable bonds is 7. The highest BCUT2D eigenvalue weighted by Gasteiger charge is 2.22. The Hall–Kier alpha value is -2.38. The van der Waals surface area contributed by atoms with E-state index in [1.165, 1.54) is 12.2 Å². The molecule has 0 fully saturated rings. The summed E-state index contributed by atoms with van der Waals surface area (Å²) < 4.78 is 5.00. The fourth-order valence-electron chi connectivity index (χ4n) is 1.43. The van der Waals surface area contributed by atoms with E-state index in [1.807, 2.05) is 6.92 Å². The van der Waals surface area contributed by atoms with Crippen molar-refractivity contribution in [1.29, 1.82) is 0 Å². The van der Waals surface area contributed by atoms with Gasteiger partial charge in [-0.05, 0) is 6.92 Å². The molecule has 0 aliphatic carbocycles. The van der Waals surface area contributed by atoms with Crippen LogP contribution in [0.1, 0.15) is 13.8 Å². The first-order valence-electron chi connectivity index (χ1n) is 6.14. The number of hydrogen-bond acceptors (Lipinski definition) is 6. The van der Waals surface area contributed by atoms with Crippen LogP contribution in [0.4, 0.5) is 0 Å². The molecule has 8 nitrogen and oxygen atoms in total. The van der Waals surface area contributed by atoms with Crippen LogP contribution >= 0.6 is 0 Å². The molecule has 0 aromatic carbocycles. The molecular formula is C12H17N3O5. The number of amides is 3. The molecular weight excluding hydrogens is 266 g/mol. The lowest BCUT2D eigenvalue weighted by Crippen LogP contribution is -2.39. The smallest absolute Gasteiger partial charge is 0.260 e. The van der Waals surface area contributed by atoms with Gasteiger partial charge in [0.1, 0.15) is 0 Å². The third-order valence-corrected chi connectivity index (χ3v) is 2.30. The number of ether oxygens (including phenoxy) is 1. The van der Waals surface area contributed by atoms with Crippen LogP contribution in [0.2, 0.25) is 0 Å². The van der Waals surface area contributed by atoms with Gasteiger partial charge in [0.05, 0.1) is 6.61 Å². The van der Waals surface area contributed by atoms with Crippen LogP contribution in [0.25, 0.3) is 0 Å². The fraction of sp³-hybridized carbons (Fsp3) is 0.500. The van der Waals surface area contributed by atoms with Crippen molar-refractivity contribution in [3.63, 3.8) is 0 Å². The number of hydrogen-bond donors (Lipinski definition) is 1. The van der Waals surface area contributed by atoms with E-state index in [2.05, 4.69) is 10.5 Å². The zero-order chi connectivity index (χ0) is 15.0. The van der Waals surface area contributed by atoms with Crippen LogP contribution in [0.5, 0.6) is 0 Å². The average molecular weight is 283 g/mol. The summed E-state index contributed by atoms with van der Waals surface area (Å²) in [6, 6.07) is 0. The molecule has 110 valence electrons. The molecule has 1 aliphatic rings. The van der Waals surface area contributed by atoms with Gasteiger partial charge in [0.25, 0.3) is 17.7 Å². The molecule has 0 radical (unpaired) electrons. The Bertz CT molecular complexity index is 426. The highest BCUT2D eigenvalue weighted by molar-refractivity contribution is 6.12. The van der Waals surface area contributed by atoms with E-state index < -0.39 is 5.91 Å². The van der Waals surface area contributed by atoms with E-state index in [0.29, 0.717) is 12.5 Å². The van der Waals surface area contributed by atoms with Gasteiger partial charge in [-0.1, -0.05) is 5.16 Å². The van der Waals surface area contributed by atoms with Gasteiger partial charge < -0.3 is 14.9 Å². The van der Waals surface area contributed by atoms with Gasteiger partial charge in [0, 0.05) is 32.2 Å². The summed E-state index contributed by atoms with van der Waals surface area (Å²) in [5, 5.41) is 6.08. The predicted molar refractivity (Wildman–Crippen MR) is 69.6 cm³/mol. The summed E-state index contributed by atoms with van der Waals surface area (Å²) in [4.78, 5) is 39.6. The van der Waals surface area contributed by atoms with Crippen molar-refractivity contribution < 1.29 is 24.0 Å². The first kappa shape index (κ1) is 15.7. The molecule has 0 aromatic rings. The minimum Gasteiger partial charge on any atom is -0.479 e. The molecule has 8 heteroatoms. The Balaban J connectivity index is 2.16. The van der Waals surface area contributed by atoms with E-state index in [0.717, 1.165) is 4.90 Å². The number of carbonyl (C=O) groups excluding carboxylic acids is 3. The normalized spacial score (nSPS) is 14.7. The van der Waals surface area contributed by atoms with Gasteiger partial charge in [0.15, 0.2) is 6.61 Å². The van der Waals surface area contributed by atoms with Crippen molar-refractivity contribution >= 4 is 23.6 Å². The minimum absolute atomic E-state index is 0.123. The van der Waals surface area contributed by atoms with E-state index in [4.69, 9.17) is 9.57 Å². The maximum absolute atomic E-state index is 11.4. The molecule has 0 atom stereocenters. The van der Waals surface area contributed by atoms with Gasteiger partial charge in [-0.15, -0.1) is 0 Å². The quantitative estimate of drug-likeness (QED) is 0.291. The Morgan fingerprint density at radius 1 is 1.35 bits per heavy atom. The highest BCUT2D eigenvalue weighted by Crippen LogP contribution is 2.01. The molecule has 0 spiro atoms. The third kappa shape index (κ3) is 5.09. The zero-order valence-corrected chi connectivity index (χ0v) is 11.4. The van der Waals surface area contributed by atoms with Crippen molar-refractivity contribution in [2.75, 3.05) is 26.3 Å². The van der Waals surface area contributed by atoms with Crippen LogP contribution in [0, 0.1) is 0 Å². The zero-order valence-electron chi connectivity index (χ0n) is 11.4. The Kier molecular flexibility index (Phi) is 6.21. The van der Waals surface area contributed by atoms with E-state index >= 15 is 0 Å². The largest absolute Gasteiger partial charge is 0.479 e. The number of carbonyl (C=O) groups is 3. The molecule has 0 unspecified atom stereocenters. The molecule has 1 N–H and O–H groups in total. The van der Waals surface area contributed by atoms with Crippen molar-refractivity contribution in [3.8, 4) is 0 Å². The second-order valence-corrected chi connectivity index (χ2v) is 3.83. The van der Waals surface area contributed by atoms with E-state index in [9.17, 15) is 14.4 Å². The molecule has 1 aliphatic heterocycles. The molecule has 0 aromatic heterocycles. The summed E-state index contributed by atoms with van der Waals surface area (Å²) in [5.74, 6) is -0.820. The summed E-state index contributed by atoms with van der Waals surface area (Å²) in [7, 11) is 0. The summed E-state index contributed by atoms with van der Waals surface area (Å²) in [6.07, 6.45) is 2.39. The standard InChI is InChI=1S/C12H17N3O5/c1-3-19-9(2)14-20-8-10(16)13-6-7-15-11(17)4-5-12(15)18/h4-5H,3,6-8H2,1-2H3,(H,13,16)/b14-9-. The van der Waals surface area contributed by atoms with Crippen LogP contribution in [-0.4, -0.2) is 54.8 Å². The fourth-order valence-corrected chi connectivity index (χ4v) is 1.43. The second-order valence-electron chi connectivity index (χ2n) is 3.83. The van der Waals surface area contributed by atoms with Crippen molar-refractivity contribution in [1.82, 2.24) is 10.2 Å². The lowest BCUT2D eigenvalue weighted by Gasteiger charge is -2.13. The van der Waals surface area contributed by atoms with Crippen LogP contribution in [0.3, 0.4) is 0 Å². The van der Waals surface area contributed by atoms with E-state index in [-0.39, 0.29) is 31.5 Å². The molecule has 3 amide bonds. The molecule has 0 saturated heterocycles. The lowest BCUT2D eigenvalue weighted by atomic mass is 10.5. The summed E-state index contributed by atoms with van der Waals surface area (Å²) in [5.41, 5.74) is 0. The van der Waals surface area contributed by atoms with Crippen molar-refractivity contribution in [2.45, 2.75) is 13.8 Å². The van der Waals surface area contributed by atoms with Gasteiger partial charge in [-0.2, -0.15) is 0 Å². The monoisotopic (exact) mass is 283 g/mol. The van der Waals surface area contributed by atoms with E-state index in [1.54, 1.807) is 6.92 Å². The Morgan fingerprint density at radius 2 is 2.00 bits per heavy atom. The highest BCUT2D eigenvalue weighted by atomic mass is 16.6. The third-order valence-electron chi connectivity index (χ3n) is 2.30. The number of imide groups is 1. The Labute approximate surface area is 116 Å². The predicted octanol–water partition coefficient (Wildman–Crippen LogP) is -0.586. The van der Waals surface area contributed by atoms with Gasteiger partial charge in [-0.3, -0.25) is 19.3 Å². The van der Waals surface area contributed by atoms with Gasteiger partial charge >= 0.3 is 0 Å².